The summed E-state index contributed by atoms with van der Waals surface area (Å²) in [5.74, 6) is -0.855. The average molecular weight is 333 g/mol. The molecule has 2 amide bonds. The number of nitrogens with zero attached hydrogens (tertiary/aromatic N) is 2. The standard InChI is InChI=1S/C17H23N3O4/c1-10(2)15(16(22)23)18-17(24)19-7-11-6-12(9-19)13-4-3-5-14(21)20(13)8-11/h3-5,10-12,15H,6-9H2,1-2H3,(H,18,24)(H,22,23)/t11-,12+,15-/m1/s1. The van der Waals surface area contributed by atoms with Crippen LogP contribution in [0.25, 0.3) is 0 Å². The van der Waals surface area contributed by atoms with Crippen molar-refractivity contribution in [2.24, 2.45) is 11.8 Å². The van der Waals surface area contributed by atoms with Gasteiger partial charge in [0.25, 0.3) is 5.56 Å². The Morgan fingerprint density at radius 3 is 2.67 bits per heavy atom. The third kappa shape index (κ3) is 3.02. The van der Waals surface area contributed by atoms with Gasteiger partial charge in [-0.1, -0.05) is 19.9 Å². The van der Waals surface area contributed by atoms with E-state index in [0.29, 0.717) is 19.6 Å². The van der Waals surface area contributed by atoms with Gasteiger partial charge in [0, 0.05) is 37.3 Å². The van der Waals surface area contributed by atoms with Crippen LogP contribution in [0.4, 0.5) is 4.79 Å². The van der Waals surface area contributed by atoms with Crippen molar-refractivity contribution in [3.8, 4) is 0 Å². The molecule has 1 aromatic rings. The predicted molar refractivity (Wildman–Crippen MR) is 87.9 cm³/mol. The molecule has 3 atom stereocenters. The molecule has 3 heterocycles. The summed E-state index contributed by atoms with van der Waals surface area (Å²) in [6.07, 6.45) is 0.958. The molecule has 2 aliphatic rings. The van der Waals surface area contributed by atoms with Crippen LogP contribution in [0.15, 0.2) is 23.0 Å². The fourth-order valence-corrected chi connectivity index (χ4v) is 3.80. The molecular formula is C17H23N3O4. The highest BCUT2D eigenvalue weighted by molar-refractivity contribution is 5.82. The fourth-order valence-electron chi connectivity index (χ4n) is 3.80. The second kappa shape index (κ2) is 6.30. The number of carboxylic acid groups (broad SMARTS) is 1. The first kappa shape index (κ1) is 16.5. The Labute approximate surface area is 140 Å². The van der Waals surface area contributed by atoms with Crippen LogP contribution >= 0.6 is 0 Å². The molecule has 1 fully saturated rings. The number of carbonyl (C=O) groups is 2. The van der Waals surface area contributed by atoms with Crippen molar-refractivity contribution < 1.29 is 14.7 Å². The van der Waals surface area contributed by atoms with Crippen molar-refractivity contribution in [2.75, 3.05) is 13.1 Å². The minimum Gasteiger partial charge on any atom is -0.480 e. The highest BCUT2D eigenvalue weighted by Gasteiger charge is 2.37. The largest absolute Gasteiger partial charge is 0.480 e. The third-order valence-electron chi connectivity index (χ3n) is 4.98. The van der Waals surface area contributed by atoms with Crippen molar-refractivity contribution in [2.45, 2.75) is 38.8 Å². The summed E-state index contributed by atoms with van der Waals surface area (Å²) in [5, 5.41) is 11.9. The first-order valence-corrected chi connectivity index (χ1v) is 8.34. The van der Waals surface area contributed by atoms with Gasteiger partial charge in [-0.15, -0.1) is 0 Å². The molecule has 130 valence electrons. The minimum absolute atomic E-state index is 0.00542. The van der Waals surface area contributed by atoms with Gasteiger partial charge >= 0.3 is 12.0 Å². The Balaban J connectivity index is 1.76. The number of aromatic nitrogens is 1. The van der Waals surface area contributed by atoms with Gasteiger partial charge in [0.05, 0.1) is 0 Å². The summed E-state index contributed by atoms with van der Waals surface area (Å²) >= 11 is 0. The second-order valence-electron chi connectivity index (χ2n) is 7.11. The maximum absolute atomic E-state index is 12.5. The molecule has 7 nitrogen and oxygen atoms in total. The van der Waals surface area contributed by atoms with Gasteiger partial charge in [-0.25, -0.2) is 9.59 Å². The number of nitrogens with one attached hydrogen (secondary N) is 1. The van der Waals surface area contributed by atoms with Crippen LogP contribution in [0, 0.1) is 11.8 Å². The number of carbonyl (C=O) groups excluding carboxylic acids is 1. The van der Waals surface area contributed by atoms with Gasteiger partial charge in [0.1, 0.15) is 6.04 Å². The molecule has 0 unspecified atom stereocenters. The molecule has 0 aromatic carbocycles. The summed E-state index contributed by atoms with van der Waals surface area (Å²) in [5.41, 5.74) is 0.973. The zero-order valence-electron chi connectivity index (χ0n) is 13.9. The van der Waals surface area contributed by atoms with Crippen molar-refractivity contribution in [1.82, 2.24) is 14.8 Å². The molecule has 0 saturated carbocycles. The lowest BCUT2D eigenvalue weighted by atomic mass is 9.83. The first-order valence-electron chi connectivity index (χ1n) is 8.34. The van der Waals surface area contributed by atoms with Crippen LogP contribution in [-0.2, 0) is 11.3 Å². The quantitative estimate of drug-likeness (QED) is 0.866. The topological polar surface area (TPSA) is 91.6 Å². The predicted octanol–water partition coefficient (Wildman–Crippen LogP) is 1.09. The molecule has 24 heavy (non-hydrogen) atoms. The number of likely N-dealkylation sites (tertiary alicyclic amines) is 1. The van der Waals surface area contributed by atoms with Crippen LogP contribution in [0.2, 0.25) is 0 Å². The van der Waals surface area contributed by atoms with E-state index in [1.165, 1.54) is 0 Å². The van der Waals surface area contributed by atoms with Gasteiger partial charge in [-0.2, -0.15) is 0 Å². The number of pyridine rings is 1. The maximum Gasteiger partial charge on any atom is 0.326 e. The van der Waals surface area contributed by atoms with Crippen molar-refractivity contribution in [3.05, 3.63) is 34.2 Å². The van der Waals surface area contributed by atoms with E-state index in [-0.39, 0.29) is 29.3 Å². The minimum atomic E-state index is -1.02. The smallest absolute Gasteiger partial charge is 0.326 e. The molecule has 1 saturated heterocycles. The normalized spacial score (nSPS) is 23.5. The van der Waals surface area contributed by atoms with Gasteiger partial charge < -0.3 is 19.9 Å². The van der Waals surface area contributed by atoms with Gasteiger partial charge in [-0.3, -0.25) is 4.79 Å². The van der Waals surface area contributed by atoms with Gasteiger partial charge in [0.15, 0.2) is 0 Å². The highest BCUT2D eigenvalue weighted by atomic mass is 16.4. The number of fused-ring (bicyclic) bond motifs is 4. The number of amides is 2. The molecule has 3 rings (SSSR count). The fraction of sp³-hybridized carbons (Fsp3) is 0.588. The number of piperidine rings is 1. The lowest BCUT2D eigenvalue weighted by molar-refractivity contribution is -0.140. The van der Waals surface area contributed by atoms with Gasteiger partial charge in [0.2, 0.25) is 0 Å². The molecule has 2 N–H and O–H groups in total. The Morgan fingerprint density at radius 2 is 2.00 bits per heavy atom. The van der Waals surface area contributed by atoms with E-state index in [9.17, 15) is 19.5 Å². The van der Waals surface area contributed by atoms with E-state index < -0.39 is 12.0 Å². The summed E-state index contributed by atoms with van der Waals surface area (Å²) < 4.78 is 1.81. The molecule has 2 aliphatic heterocycles. The van der Waals surface area contributed by atoms with E-state index in [1.807, 2.05) is 10.6 Å². The lowest BCUT2D eigenvalue weighted by Gasteiger charge is -2.43. The highest BCUT2D eigenvalue weighted by Crippen LogP contribution is 2.34. The Hall–Kier alpha value is -2.31. The summed E-state index contributed by atoms with van der Waals surface area (Å²) in [6, 6.07) is 4.03. The molecular weight excluding hydrogens is 310 g/mol. The van der Waals surface area contributed by atoms with Crippen LogP contribution in [0.3, 0.4) is 0 Å². The molecule has 2 bridgehead atoms. The summed E-state index contributed by atoms with van der Waals surface area (Å²) in [4.78, 5) is 37.5. The first-order chi connectivity index (χ1) is 11.4. The molecule has 1 aromatic heterocycles. The van der Waals surface area contributed by atoms with E-state index in [0.717, 1.165) is 12.1 Å². The van der Waals surface area contributed by atoms with Crippen molar-refractivity contribution >= 4 is 12.0 Å². The van der Waals surface area contributed by atoms with Crippen LogP contribution < -0.4 is 10.9 Å². The monoisotopic (exact) mass is 333 g/mol. The number of aliphatic carboxylic acids is 1. The van der Waals surface area contributed by atoms with Crippen LogP contribution in [0.1, 0.15) is 31.9 Å². The SMILES string of the molecule is CC(C)[C@@H](NC(=O)N1C[C@H]2C[C@@H](C1)c1cccc(=O)n1C2)C(=O)O. The van der Waals surface area contributed by atoms with Crippen molar-refractivity contribution in [3.63, 3.8) is 0 Å². The molecule has 7 heteroatoms. The maximum atomic E-state index is 12.5. The Kier molecular flexibility index (Phi) is 4.34. The summed E-state index contributed by atoms with van der Waals surface area (Å²) in [6.45, 7) is 5.21. The van der Waals surface area contributed by atoms with Crippen LogP contribution in [-0.4, -0.2) is 45.7 Å². The van der Waals surface area contributed by atoms with E-state index in [1.54, 1.807) is 30.9 Å². The number of hydrogen-bond acceptors (Lipinski definition) is 3. The van der Waals surface area contributed by atoms with E-state index >= 15 is 0 Å². The molecule has 0 radical (unpaired) electrons. The van der Waals surface area contributed by atoms with E-state index in [2.05, 4.69) is 5.32 Å². The molecule has 0 aliphatic carbocycles. The molecule has 0 spiro atoms. The number of urea groups is 1. The Morgan fingerprint density at radius 1 is 1.25 bits per heavy atom. The zero-order chi connectivity index (χ0) is 17.4. The number of rotatable bonds is 3. The Bertz CT molecular complexity index is 712. The number of carboxylic acids is 1. The summed E-state index contributed by atoms with van der Waals surface area (Å²) in [7, 11) is 0. The van der Waals surface area contributed by atoms with Crippen LogP contribution in [0.5, 0.6) is 0 Å². The van der Waals surface area contributed by atoms with Crippen molar-refractivity contribution in [1.29, 1.82) is 0 Å². The second-order valence-corrected chi connectivity index (χ2v) is 7.11. The third-order valence-corrected chi connectivity index (χ3v) is 4.98. The zero-order valence-corrected chi connectivity index (χ0v) is 13.9. The number of hydrogen-bond donors (Lipinski definition) is 2. The van der Waals surface area contributed by atoms with Gasteiger partial charge in [-0.05, 0) is 24.3 Å². The lowest BCUT2D eigenvalue weighted by Crippen LogP contribution is -2.55. The van der Waals surface area contributed by atoms with E-state index in [4.69, 9.17) is 0 Å². The average Bonchev–Trinajstić information content (AvgIpc) is 2.52.